The molecule has 2 rings (SSSR count). The Morgan fingerprint density at radius 2 is 2.33 bits per heavy atom. The van der Waals surface area contributed by atoms with Crippen LogP contribution in [-0.2, 0) is 7.05 Å². The monoisotopic (exact) mass is 208 g/mol. The van der Waals surface area contributed by atoms with E-state index in [-0.39, 0.29) is 6.10 Å². The van der Waals surface area contributed by atoms with E-state index < -0.39 is 0 Å². The predicted molar refractivity (Wildman–Crippen MR) is 59.3 cm³/mol. The zero-order chi connectivity index (χ0) is 10.8. The average Bonchev–Trinajstić information content (AvgIpc) is 2.63. The fourth-order valence-corrected chi connectivity index (χ4v) is 2.66. The van der Waals surface area contributed by atoms with Gasteiger partial charge in [0.05, 0.1) is 24.3 Å². The molecule has 1 heterocycles. The zero-order valence-electron chi connectivity index (χ0n) is 9.56. The molecule has 1 aliphatic carbocycles. The molecule has 3 heteroatoms. The number of aromatic nitrogens is 2. The highest BCUT2D eigenvalue weighted by Gasteiger charge is 2.27. The maximum absolute atomic E-state index is 10.3. The number of aliphatic hydroxyl groups is 1. The Morgan fingerprint density at radius 3 is 2.93 bits per heavy atom. The van der Waals surface area contributed by atoms with Crippen molar-refractivity contribution in [1.29, 1.82) is 0 Å². The molecule has 84 valence electrons. The molecule has 3 nitrogen and oxygen atoms in total. The number of rotatable bonds is 2. The fraction of sp³-hybridized carbons (Fsp3) is 0.750. The lowest BCUT2D eigenvalue weighted by molar-refractivity contribution is 0.0658. The van der Waals surface area contributed by atoms with Crippen molar-refractivity contribution in [1.82, 2.24) is 9.55 Å². The van der Waals surface area contributed by atoms with Crippen molar-refractivity contribution in [2.45, 2.75) is 38.7 Å². The molecule has 3 atom stereocenters. The standard InChI is InChI=1S/C12H20N2O/c1-9-4-3-5-10(6-9)12(15)11-7-13-8-14(11)2/h7-10,12,15H,3-6H2,1-2H3. The second-order valence-corrected chi connectivity index (χ2v) is 4.91. The van der Waals surface area contributed by atoms with Crippen LogP contribution in [0, 0.1) is 11.8 Å². The Bertz CT molecular complexity index is 321. The van der Waals surface area contributed by atoms with Crippen molar-refractivity contribution < 1.29 is 5.11 Å². The summed E-state index contributed by atoms with van der Waals surface area (Å²) in [6, 6.07) is 0. The maximum Gasteiger partial charge on any atom is 0.0983 e. The molecule has 3 unspecified atom stereocenters. The lowest BCUT2D eigenvalue weighted by Gasteiger charge is -2.30. The number of hydrogen-bond donors (Lipinski definition) is 1. The van der Waals surface area contributed by atoms with Gasteiger partial charge in [-0.3, -0.25) is 0 Å². The minimum Gasteiger partial charge on any atom is -0.387 e. The summed E-state index contributed by atoms with van der Waals surface area (Å²) in [4.78, 5) is 4.06. The molecule has 0 aromatic carbocycles. The highest BCUT2D eigenvalue weighted by Crippen LogP contribution is 2.36. The first-order valence-electron chi connectivity index (χ1n) is 5.82. The van der Waals surface area contributed by atoms with Crippen LogP contribution >= 0.6 is 0 Å². The number of aryl methyl sites for hydroxylation is 1. The molecular weight excluding hydrogens is 188 g/mol. The van der Waals surface area contributed by atoms with Crippen LogP contribution in [0.5, 0.6) is 0 Å². The van der Waals surface area contributed by atoms with Crippen molar-refractivity contribution in [3.63, 3.8) is 0 Å². The molecule has 1 N–H and O–H groups in total. The van der Waals surface area contributed by atoms with Gasteiger partial charge in [0, 0.05) is 7.05 Å². The molecule has 0 amide bonds. The number of hydrogen-bond acceptors (Lipinski definition) is 2. The Hall–Kier alpha value is -0.830. The third-order valence-electron chi connectivity index (χ3n) is 3.58. The van der Waals surface area contributed by atoms with Crippen molar-refractivity contribution >= 4 is 0 Å². The van der Waals surface area contributed by atoms with Crippen molar-refractivity contribution in [3.8, 4) is 0 Å². The third-order valence-corrected chi connectivity index (χ3v) is 3.58. The second-order valence-electron chi connectivity index (χ2n) is 4.91. The predicted octanol–water partition coefficient (Wildman–Crippen LogP) is 2.28. The number of aliphatic hydroxyl groups excluding tert-OH is 1. The summed E-state index contributed by atoms with van der Waals surface area (Å²) < 4.78 is 1.92. The van der Waals surface area contributed by atoms with Crippen LogP contribution in [0.1, 0.15) is 44.4 Å². The topological polar surface area (TPSA) is 38.1 Å². The van der Waals surface area contributed by atoms with E-state index in [0.717, 1.165) is 24.5 Å². The van der Waals surface area contributed by atoms with Gasteiger partial charge in [0.2, 0.25) is 0 Å². The number of nitrogens with zero attached hydrogens (tertiary/aromatic N) is 2. The Labute approximate surface area is 91.1 Å². The van der Waals surface area contributed by atoms with Crippen LogP contribution in [0.4, 0.5) is 0 Å². The number of imidazole rings is 1. The lowest BCUT2D eigenvalue weighted by atomic mass is 9.79. The molecule has 0 spiro atoms. The van der Waals surface area contributed by atoms with E-state index in [2.05, 4.69) is 11.9 Å². The average molecular weight is 208 g/mol. The molecule has 1 saturated carbocycles. The summed E-state index contributed by atoms with van der Waals surface area (Å²) in [7, 11) is 1.94. The first-order chi connectivity index (χ1) is 7.18. The summed E-state index contributed by atoms with van der Waals surface area (Å²) in [6.07, 6.45) is 8.06. The highest BCUT2D eigenvalue weighted by molar-refractivity contribution is 5.04. The summed E-state index contributed by atoms with van der Waals surface area (Å²) in [5.41, 5.74) is 0.953. The summed E-state index contributed by atoms with van der Waals surface area (Å²) in [5, 5.41) is 10.3. The van der Waals surface area contributed by atoms with Gasteiger partial charge in [-0.1, -0.05) is 19.8 Å². The molecule has 1 aromatic rings. The first kappa shape index (κ1) is 10.7. The van der Waals surface area contributed by atoms with Crippen LogP contribution in [0.3, 0.4) is 0 Å². The van der Waals surface area contributed by atoms with Gasteiger partial charge < -0.3 is 9.67 Å². The van der Waals surface area contributed by atoms with Crippen LogP contribution < -0.4 is 0 Å². The first-order valence-corrected chi connectivity index (χ1v) is 5.82. The zero-order valence-corrected chi connectivity index (χ0v) is 9.56. The van der Waals surface area contributed by atoms with E-state index in [9.17, 15) is 5.11 Å². The molecular formula is C12H20N2O. The van der Waals surface area contributed by atoms with Gasteiger partial charge in [-0.15, -0.1) is 0 Å². The molecule has 1 aromatic heterocycles. The van der Waals surface area contributed by atoms with E-state index in [1.54, 1.807) is 12.5 Å². The van der Waals surface area contributed by atoms with E-state index in [0.29, 0.717) is 5.92 Å². The second kappa shape index (κ2) is 4.35. The van der Waals surface area contributed by atoms with Gasteiger partial charge in [0.1, 0.15) is 0 Å². The van der Waals surface area contributed by atoms with E-state index in [1.165, 1.54) is 12.8 Å². The normalized spacial score (nSPS) is 29.0. The molecule has 1 aliphatic rings. The molecule has 1 fully saturated rings. The molecule has 0 aliphatic heterocycles. The van der Waals surface area contributed by atoms with Gasteiger partial charge in [-0.25, -0.2) is 4.98 Å². The molecule has 0 bridgehead atoms. The van der Waals surface area contributed by atoms with Crippen LogP contribution in [-0.4, -0.2) is 14.7 Å². The minimum atomic E-state index is -0.333. The minimum absolute atomic E-state index is 0.333. The van der Waals surface area contributed by atoms with E-state index in [1.807, 2.05) is 11.6 Å². The largest absolute Gasteiger partial charge is 0.387 e. The lowest BCUT2D eigenvalue weighted by Crippen LogP contribution is -2.21. The van der Waals surface area contributed by atoms with Crippen LogP contribution in [0.15, 0.2) is 12.5 Å². The summed E-state index contributed by atoms with van der Waals surface area (Å²) in [6.45, 7) is 2.28. The Balaban J connectivity index is 2.07. The summed E-state index contributed by atoms with van der Waals surface area (Å²) in [5.74, 6) is 1.18. The van der Waals surface area contributed by atoms with Gasteiger partial charge in [0.25, 0.3) is 0 Å². The highest BCUT2D eigenvalue weighted by atomic mass is 16.3. The smallest absolute Gasteiger partial charge is 0.0983 e. The van der Waals surface area contributed by atoms with E-state index >= 15 is 0 Å². The van der Waals surface area contributed by atoms with Gasteiger partial charge in [0.15, 0.2) is 0 Å². The van der Waals surface area contributed by atoms with Crippen LogP contribution in [0.25, 0.3) is 0 Å². The molecule has 0 saturated heterocycles. The quantitative estimate of drug-likeness (QED) is 0.809. The van der Waals surface area contributed by atoms with Crippen LogP contribution in [0.2, 0.25) is 0 Å². The molecule has 15 heavy (non-hydrogen) atoms. The van der Waals surface area contributed by atoms with Gasteiger partial charge in [-0.05, 0) is 24.7 Å². The van der Waals surface area contributed by atoms with E-state index in [4.69, 9.17) is 0 Å². The van der Waals surface area contributed by atoms with Gasteiger partial charge >= 0.3 is 0 Å². The summed E-state index contributed by atoms with van der Waals surface area (Å²) >= 11 is 0. The maximum atomic E-state index is 10.3. The van der Waals surface area contributed by atoms with Crippen molar-refractivity contribution in [3.05, 3.63) is 18.2 Å². The fourth-order valence-electron chi connectivity index (χ4n) is 2.66. The van der Waals surface area contributed by atoms with Crippen molar-refractivity contribution in [2.75, 3.05) is 0 Å². The van der Waals surface area contributed by atoms with Gasteiger partial charge in [-0.2, -0.15) is 0 Å². The Kier molecular flexibility index (Phi) is 3.10. The molecule has 0 radical (unpaired) electrons. The SMILES string of the molecule is CC1CCCC(C(O)c2cncn2C)C1. The van der Waals surface area contributed by atoms with Crippen molar-refractivity contribution in [2.24, 2.45) is 18.9 Å². The third kappa shape index (κ3) is 2.23. The Morgan fingerprint density at radius 1 is 1.53 bits per heavy atom.